The van der Waals surface area contributed by atoms with E-state index >= 15 is 0 Å². The molecule has 0 amide bonds. The van der Waals surface area contributed by atoms with Crippen molar-refractivity contribution >= 4 is 34.3 Å². The number of fused-ring (bicyclic) bond motifs is 1. The van der Waals surface area contributed by atoms with E-state index in [1.807, 2.05) is 0 Å². The quantitative estimate of drug-likeness (QED) is 0.859. The number of rotatable bonds is 2. The molecule has 0 aliphatic heterocycles. The highest BCUT2D eigenvalue weighted by molar-refractivity contribution is 6.36. The van der Waals surface area contributed by atoms with Crippen LogP contribution in [0.2, 0.25) is 5.02 Å². The molecule has 2 aromatic rings. The summed E-state index contributed by atoms with van der Waals surface area (Å²) in [6.07, 6.45) is 0. The highest BCUT2D eigenvalue weighted by Crippen LogP contribution is 2.29. The molecule has 0 heterocycles. The van der Waals surface area contributed by atoms with Crippen molar-refractivity contribution in [2.45, 2.75) is 0 Å². The first-order valence-electron chi connectivity index (χ1n) is 4.70. The minimum atomic E-state index is -1.35. The van der Waals surface area contributed by atoms with Crippen molar-refractivity contribution in [2.75, 3.05) is 0 Å². The Hall–Kier alpha value is -2.07. The van der Waals surface area contributed by atoms with E-state index in [0.717, 1.165) is 0 Å². The zero-order valence-electron chi connectivity index (χ0n) is 8.48. The molecule has 2 N–H and O–H groups in total. The van der Waals surface area contributed by atoms with Gasteiger partial charge in [0, 0.05) is 0 Å². The van der Waals surface area contributed by atoms with Gasteiger partial charge in [-0.05, 0) is 16.8 Å². The van der Waals surface area contributed by atoms with Crippen molar-refractivity contribution in [2.24, 2.45) is 0 Å². The third-order valence-corrected chi connectivity index (χ3v) is 2.73. The number of hydrogen-bond donors (Lipinski definition) is 2. The van der Waals surface area contributed by atoms with Gasteiger partial charge in [0.1, 0.15) is 0 Å². The Kier molecular flexibility index (Phi) is 2.73. The topological polar surface area (TPSA) is 74.6 Å². The number of carboxylic acids is 2. The summed E-state index contributed by atoms with van der Waals surface area (Å²) in [6.45, 7) is 0. The first-order chi connectivity index (χ1) is 8.02. The Bertz CT molecular complexity index is 634. The minimum Gasteiger partial charge on any atom is -0.478 e. The van der Waals surface area contributed by atoms with Crippen LogP contribution in [0.1, 0.15) is 20.7 Å². The molecule has 5 heteroatoms. The molecule has 0 spiro atoms. The number of benzene rings is 2. The lowest BCUT2D eigenvalue weighted by Gasteiger charge is -2.08. The molecule has 17 heavy (non-hydrogen) atoms. The third kappa shape index (κ3) is 1.83. The van der Waals surface area contributed by atoms with Crippen LogP contribution >= 0.6 is 11.6 Å². The lowest BCUT2D eigenvalue weighted by molar-refractivity contribution is 0.0653. The van der Waals surface area contributed by atoms with Crippen molar-refractivity contribution in [3.8, 4) is 0 Å². The first kappa shape index (κ1) is 11.4. The van der Waals surface area contributed by atoms with Crippen molar-refractivity contribution in [1.82, 2.24) is 0 Å². The predicted molar refractivity (Wildman–Crippen MR) is 62.9 cm³/mol. The summed E-state index contributed by atoms with van der Waals surface area (Å²) >= 11 is 5.80. The second-order valence-electron chi connectivity index (χ2n) is 3.44. The Morgan fingerprint density at radius 3 is 2.18 bits per heavy atom. The Balaban J connectivity index is 2.99. The Morgan fingerprint density at radius 1 is 1.00 bits per heavy atom. The molecule has 4 nitrogen and oxygen atoms in total. The van der Waals surface area contributed by atoms with Gasteiger partial charge in [-0.15, -0.1) is 0 Å². The predicted octanol–water partition coefficient (Wildman–Crippen LogP) is 2.89. The van der Waals surface area contributed by atoms with Gasteiger partial charge in [0.2, 0.25) is 0 Å². The van der Waals surface area contributed by atoms with E-state index in [0.29, 0.717) is 10.8 Å². The van der Waals surface area contributed by atoms with E-state index in [1.54, 1.807) is 24.3 Å². The zero-order chi connectivity index (χ0) is 12.6. The molecule has 0 atom stereocenters. The standard InChI is InChI=1S/C12H7ClO4/c13-8-5-6-3-1-2-4-7(6)9(11(14)15)10(8)12(16)17/h1-5H,(H,14,15)(H,16,17). The smallest absolute Gasteiger partial charge is 0.338 e. The van der Waals surface area contributed by atoms with Crippen LogP contribution in [0.15, 0.2) is 30.3 Å². The number of halogens is 1. The molecule has 2 aromatic carbocycles. The van der Waals surface area contributed by atoms with Gasteiger partial charge in [-0.3, -0.25) is 0 Å². The summed E-state index contributed by atoms with van der Waals surface area (Å²) in [6, 6.07) is 8.06. The van der Waals surface area contributed by atoms with Crippen molar-refractivity contribution in [3.63, 3.8) is 0 Å². The van der Waals surface area contributed by atoms with Gasteiger partial charge in [0.25, 0.3) is 0 Å². The molecule has 0 aliphatic carbocycles. The Labute approximate surface area is 101 Å². The van der Waals surface area contributed by atoms with Crippen molar-refractivity contribution in [3.05, 3.63) is 46.5 Å². The van der Waals surface area contributed by atoms with Gasteiger partial charge >= 0.3 is 11.9 Å². The molecular weight excluding hydrogens is 244 g/mol. The first-order valence-corrected chi connectivity index (χ1v) is 5.08. The third-order valence-electron chi connectivity index (χ3n) is 2.43. The van der Waals surface area contributed by atoms with Crippen molar-refractivity contribution in [1.29, 1.82) is 0 Å². The largest absolute Gasteiger partial charge is 0.478 e. The van der Waals surface area contributed by atoms with Crippen LogP contribution in [0.5, 0.6) is 0 Å². The fourth-order valence-corrected chi connectivity index (χ4v) is 2.04. The second kappa shape index (κ2) is 4.07. The lowest BCUT2D eigenvalue weighted by atomic mass is 9.99. The fourth-order valence-electron chi connectivity index (χ4n) is 1.74. The highest BCUT2D eigenvalue weighted by Gasteiger charge is 2.22. The van der Waals surface area contributed by atoms with Gasteiger partial charge in [-0.1, -0.05) is 35.9 Å². The molecule has 0 aliphatic rings. The molecule has 0 saturated heterocycles. The minimum absolute atomic E-state index is 0.0754. The average Bonchev–Trinajstić information content (AvgIpc) is 2.26. The van der Waals surface area contributed by atoms with Crippen LogP contribution in [0.4, 0.5) is 0 Å². The molecule has 0 radical (unpaired) electrons. The van der Waals surface area contributed by atoms with E-state index in [1.165, 1.54) is 6.07 Å². The molecular formula is C12H7ClO4. The maximum Gasteiger partial charge on any atom is 0.338 e. The molecule has 86 valence electrons. The van der Waals surface area contributed by atoms with Crippen LogP contribution in [-0.2, 0) is 0 Å². The van der Waals surface area contributed by atoms with E-state index in [9.17, 15) is 9.59 Å². The molecule has 0 fully saturated rings. The Morgan fingerprint density at radius 2 is 1.59 bits per heavy atom. The van der Waals surface area contributed by atoms with Gasteiger partial charge < -0.3 is 10.2 Å². The highest BCUT2D eigenvalue weighted by atomic mass is 35.5. The van der Waals surface area contributed by atoms with Crippen LogP contribution in [-0.4, -0.2) is 22.2 Å². The summed E-state index contributed by atoms with van der Waals surface area (Å²) in [5.74, 6) is -2.65. The lowest BCUT2D eigenvalue weighted by Crippen LogP contribution is -2.09. The summed E-state index contributed by atoms with van der Waals surface area (Å²) in [7, 11) is 0. The van der Waals surface area contributed by atoms with E-state index in [4.69, 9.17) is 21.8 Å². The van der Waals surface area contributed by atoms with Gasteiger partial charge in [-0.25, -0.2) is 9.59 Å². The van der Waals surface area contributed by atoms with Crippen LogP contribution in [0, 0.1) is 0 Å². The van der Waals surface area contributed by atoms with E-state index < -0.39 is 11.9 Å². The van der Waals surface area contributed by atoms with Crippen LogP contribution in [0.3, 0.4) is 0 Å². The van der Waals surface area contributed by atoms with Crippen LogP contribution < -0.4 is 0 Å². The second-order valence-corrected chi connectivity index (χ2v) is 3.85. The maximum atomic E-state index is 11.2. The van der Waals surface area contributed by atoms with Gasteiger partial charge in [-0.2, -0.15) is 0 Å². The summed E-state index contributed by atoms with van der Waals surface area (Å²) in [5, 5.41) is 19.0. The fraction of sp³-hybridized carbons (Fsp3) is 0. The molecule has 0 unspecified atom stereocenters. The molecule has 2 rings (SSSR count). The summed E-state index contributed by atoms with van der Waals surface area (Å²) in [4.78, 5) is 22.2. The number of carbonyl (C=O) groups is 2. The molecule has 0 bridgehead atoms. The zero-order valence-corrected chi connectivity index (χ0v) is 9.23. The SMILES string of the molecule is O=C(O)c1c(Cl)cc2ccccc2c1C(=O)O. The monoisotopic (exact) mass is 250 g/mol. The molecule has 0 saturated carbocycles. The van der Waals surface area contributed by atoms with Gasteiger partial charge in [0.15, 0.2) is 0 Å². The maximum absolute atomic E-state index is 11.2. The number of hydrogen-bond acceptors (Lipinski definition) is 2. The summed E-state index contributed by atoms with van der Waals surface area (Å²) in [5.41, 5.74) is -0.654. The van der Waals surface area contributed by atoms with E-state index in [2.05, 4.69) is 0 Å². The molecule has 0 aromatic heterocycles. The number of carboxylic acid groups (broad SMARTS) is 2. The summed E-state index contributed by atoms with van der Waals surface area (Å²) < 4.78 is 0. The average molecular weight is 251 g/mol. The van der Waals surface area contributed by atoms with E-state index in [-0.39, 0.29) is 16.1 Å². The van der Waals surface area contributed by atoms with Crippen LogP contribution in [0.25, 0.3) is 10.8 Å². The van der Waals surface area contributed by atoms with Gasteiger partial charge in [0.05, 0.1) is 16.1 Å². The normalized spacial score (nSPS) is 10.4. The van der Waals surface area contributed by atoms with Crippen molar-refractivity contribution < 1.29 is 19.8 Å². The number of aromatic carboxylic acids is 2.